The van der Waals surface area contributed by atoms with Gasteiger partial charge in [0.25, 0.3) is 0 Å². The van der Waals surface area contributed by atoms with E-state index in [1.165, 1.54) is 0 Å². The first-order valence-electron chi connectivity index (χ1n) is 6.55. The molecule has 0 aliphatic heterocycles. The van der Waals surface area contributed by atoms with E-state index in [2.05, 4.69) is 28.9 Å². The Morgan fingerprint density at radius 3 is 2.82 bits per heavy atom. The monoisotopic (exact) mass is 234 g/mol. The maximum atomic E-state index is 9.96. The molecule has 1 N–H and O–H groups in total. The lowest BCUT2D eigenvalue weighted by molar-refractivity contribution is 0.0686. The molecule has 3 nitrogen and oxygen atoms in total. The molecule has 0 spiro atoms. The second-order valence-corrected chi connectivity index (χ2v) is 4.90. The summed E-state index contributed by atoms with van der Waals surface area (Å²) in [5.74, 6) is 0. The van der Waals surface area contributed by atoms with Gasteiger partial charge in [0.15, 0.2) is 0 Å². The Morgan fingerprint density at radius 1 is 1.41 bits per heavy atom. The fourth-order valence-electron chi connectivity index (χ4n) is 2.71. The van der Waals surface area contributed by atoms with Gasteiger partial charge < -0.3 is 5.11 Å². The summed E-state index contributed by atoms with van der Waals surface area (Å²) in [6.07, 6.45) is 3.05. The first-order valence-corrected chi connectivity index (χ1v) is 6.55. The number of aliphatic hydroxyl groups excluding tert-OH is 1. The van der Waals surface area contributed by atoms with Gasteiger partial charge in [0.1, 0.15) is 0 Å². The highest BCUT2D eigenvalue weighted by Gasteiger charge is 2.29. The first kappa shape index (κ1) is 12.5. The van der Waals surface area contributed by atoms with Crippen LogP contribution in [0.5, 0.6) is 0 Å². The molecule has 1 heterocycles. The second kappa shape index (κ2) is 5.61. The minimum atomic E-state index is -0.153. The van der Waals surface area contributed by atoms with Crippen molar-refractivity contribution in [2.45, 2.75) is 51.8 Å². The highest BCUT2D eigenvalue weighted by molar-refractivity contribution is 5.10. The number of hydrogen-bond acceptors (Lipinski definition) is 3. The molecular formula is C14H22N2O. The summed E-state index contributed by atoms with van der Waals surface area (Å²) >= 11 is 0. The number of nitrogens with zero attached hydrogens (tertiary/aromatic N) is 2. The summed E-state index contributed by atoms with van der Waals surface area (Å²) in [6.45, 7) is 5.99. The summed E-state index contributed by atoms with van der Waals surface area (Å²) in [5, 5.41) is 9.96. The second-order valence-electron chi connectivity index (χ2n) is 4.90. The SMILES string of the molecule is CCN(Cc1cccc(C)n1)C1CCCC1O. The fraction of sp³-hybridized carbons (Fsp3) is 0.643. The van der Waals surface area contributed by atoms with Crippen molar-refractivity contribution in [2.24, 2.45) is 0 Å². The molecule has 2 unspecified atom stereocenters. The van der Waals surface area contributed by atoms with Crippen LogP contribution in [-0.4, -0.2) is 33.7 Å². The maximum Gasteiger partial charge on any atom is 0.0695 e. The van der Waals surface area contributed by atoms with Crippen molar-refractivity contribution in [2.75, 3.05) is 6.54 Å². The average Bonchev–Trinajstić information content (AvgIpc) is 2.72. The van der Waals surface area contributed by atoms with Crippen LogP contribution in [0.2, 0.25) is 0 Å². The predicted octanol–water partition coefficient (Wildman–Crippen LogP) is 2.13. The molecule has 1 aliphatic rings. The Morgan fingerprint density at radius 2 is 2.24 bits per heavy atom. The lowest BCUT2D eigenvalue weighted by Gasteiger charge is -2.29. The summed E-state index contributed by atoms with van der Waals surface area (Å²) < 4.78 is 0. The van der Waals surface area contributed by atoms with Gasteiger partial charge in [-0.15, -0.1) is 0 Å². The first-order chi connectivity index (χ1) is 8.20. The molecule has 0 bridgehead atoms. The Labute approximate surface area is 103 Å². The van der Waals surface area contributed by atoms with Crippen LogP contribution in [0.4, 0.5) is 0 Å². The van der Waals surface area contributed by atoms with E-state index in [-0.39, 0.29) is 6.10 Å². The molecule has 17 heavy (non-hydrogen) atoms. The number of aliphatic hydroxyl groups is 1. The van der Waals surface area contributed by atoms with E-state index in [0.717, 1.165) is 43.7 Å². The average molecular weight is 234 g/mol. The fourth-order valence-corrected chi connectivity index (χ4v) is 2.71. The van der Waals surface area contributed by atoms with Crippen LogP contribution in [-0.2, 0) is 6.54 Å². The van der Waals surface area contributed by atoms with E-state index in [9.17, 15) is 5.11 Å². The van der Waals surface area contributed by atoms with E-state index in [4.69, 9.17) is 0 Å². The molecule has 0 amide bonds. The highest BCUT2D eigenvalue weighted by atomic mass is 16.3. The quantitative estimate of drug-likeness (QED) is 0.867. The normalized spacial score (nSPS) is 24.5. The number of pyridine rings is 1. The van der Waals surface area contributed by atoms with Crippen LogP contribution in [0.3, 0.4) is 0 Å². The van der Waals surface area contributed by atoms with Crippen molar-refractivity contribution in [3.8, 4) is 0 Å². The van der Waals surface area contributed by atoms with Crippen molar-refractivity contribution in [1.82, 2.24) is 9.88 Å². The number of rotatable bonds is 4. The zero-order chi connectivity index (χ0) is 12.3. The topological polar surface area (TPSA) is 36.4 Å². The third-order valence-electron chi connectivity index (χ3n) is 3.63. The summed E-state index contributed by atoms with van der Waals surface area (Å²) in [4.78, 5) is 6.88. The number of hydrogen-bond donors (Lipinski definition) is 1. The zero-order valence-electron chi connectivity index (χ0n) is 10.8. The lowest BCUT2D eigenvalue weighted by atomic mass is 10.1. The Kier molecular flexibility index (Phi) is 4.13. The molecule has 2 atom stereocenters. The largest absolute Gasteiger partial charge is 0.391 e. The van der Waals surface area contributed by atoms with Crippen molar-refractivity contribution in [3.63, 3.8) is 0 Å². The Balaban J connectivity index is 2.04. The third-order valence-corrected chi connectivity index (χ3v) is 3.63. The molecule has 1 aliphatic carbocycles. The predicted molar refractivity (Wildman–Crippen MR) is 68.7 cm³/mol. The van der Waals surface area contributed by atoms with Gasteiger partial charge in [-0.25, -0.2) is 0 Å². The van der Waals surface area contributed by atoms with E-state index >= 15 is 0 Å². The van der Waals surface area contributed by atoms with Gasteiger partial charge in [-0.1, -0.05) is 13.0 Å². The van der Waals surface area contributed by atoms with Gasteiger partial charge in [-0.05, 0) is 44.9 Å². The third kappa shape index (κ3) is 3.05. The number of aryl methyl sites for hydroxylation is 1. The van der Waals surface area contributed by atoms with Gasteiger partial charge in [0, 0.05) is 18.3 Å². The van der Waals surface area contributed by atoms with Crippen molar-refractivity contribution in [3.05, 3.63) is 29.6 Å². The molecule has 2 rings (SSSR count). The van der Waals surface area contributed by atoms with Gasteiger partial charge in [-0.3, -0.25) is 9.88 Å². The van der Waals surface area contributed by atoms with Crippen LogP contribution in [0, 0.1) is 6.92 Å². The van der Waals surface area contributed by atoms with Gasteiger partial charge in [-0.2, -0.15) is 0 Å². The summed E-state index contributed by atoms with van der Waals surface area (Å²) in [7, 11) is 0. The summed E-state index contributed by atoms with van der Waals surface area (Å²) in [5.41, 5.74) is 2.16. The standard InChI is InChI=1S/C14H22N2O/c1-3-16(13-8-5-9-14(13)17)10-12-7-4-6-11(2)15-12/h4,6-7,13-14,17H,3,5,8-10H2,1-2H3. The molecule has 3 heteroatoms. The van der Waals surface area contributed by atoms with Crippen molar-refractivity contribution >= 4 is 0 Å². The Bertz CT molecular complexity index is 367. The van der Waals surface area contributed by atoms with E-state index in [1.807, 2.05) is 13.0 Å². The van der Waals surface area contributed by atoms with E-state index in [0.29, 0.717) is 6.04 Å². The van der Waals surface area contributed by atoms with Crippen molar-refractivity contribution in [1.29, 1.82) is 0 Å². The molecule has 0 aromatic carbocycles. The summed E-state index contributed by atoms with van der Waals surface area (Å²) in [6, 6.07) is 6.46. The van der Waals surface area contributed by atoms with Crippen LogP contribution < -0.4 is 0 Å². The van der Waals surface area contributed by atoms with Gasteiger partial charge in [0.05, 0.1) is 11.8 Å². The molecule has 0 saturated heterocycles. The molecular weight excluding hydrogens is 212 g/mol. The van der Waals surface area contributed by atoms with Gasteiger partial charge in [0.2, 0.25) is 0 Å². The highest BCUT2D eigenvalue weighted by Crippen LogP contribution is 2.25. The molecule has 1 aromatic rings. The van der Waals surface area contributed by atoms with E-state index < -0.39 is 0 Å². The molecule has 1 fully saturated rings. The maximum absolute atomic E-state index is 9.96. The Hall–Kier alpha value is -0.930. The number of aromatic nitrogens is 1. The van der Waals surface area contributed by atoms with Crippen LogP contribution in [0.15, 0.2) is 18.2 Å². The number of likely N-dealkylation sites (N-methyl/N-ethyl adjacent to an activating group) is 1. The van der Waals surface area contributed by atoms with Crippen molar-refractivity contribution < 1.29 is 5.11 Å². The molecule has 0 radical (unpaired) electrons. The molecule has 1 saturated carbocycles. The van der Waals surface area contributed by atoms with E-state index in [1.54, 1.807) is 0 Å². The van der Waals surface area contributed by atoms with Crippen LogP contribution >= 0.6 is 0 Å². The lowest BCUT2D eigenvalue weighted by Crippen LogP contribution is -2.39. The molecule has 94 valence electrons. The zero-order valence-corrected chi connectivity index (χ0v) is 10.8. The van der Waals surface area contributed by atoms with Gasteiger partial charge >= 0.3 is 0 Å². The van der Waals surface area contributed by atoms with Crippen LogP contribution in [0.25, 0.3) is 0 Å². The smallest absolute Gasteiger partial charge is 0.0695 e. The van der Waals surface area contributed by atoms with Crippen LogP contribution in [0.1, 0.15) is 37.6 Å². The molecule has 1 aromatic heterocycles. The minimum absolute atomic E-state index is 0.153. The minimum Gasteiger partial charge on any atom is -0.391 e.